The second kappa shape index (κ2) is 7.53. The molecule has 0 amide bonds. The molecule has 21 heavy (non-hydrogen) atoms. The predicted octanol–water partition coefficient (Wildman–Crippen LogP) is 3.31. The lowest BCUT2D eigenvalue weighted by Gasteiger charge is -2.14. The van der Waals surface area contributed by atoms with E-state index < -0.39 is 17.7 Å². The normalized spacial score (nSPS) is 12.4. The van der Waals surface area contributed by atoms with Crippen molar-refractivity contribution in [3.05, 3.63) is 52.4 Å². The Balaban J connectivity index is 1.77. The number of aliphatic hydroxyl groups excluding tert-OH is 1. The molecule has 0 spiro atoms. The molecular weight excluding hydrogens is 348 g/mol. The zero-order valence-electron chi connectivity index (χ0n) is 11.0. The summed E-state index contributed by atoms with van der Waals surface area (Å²) < 4.78 is 37.7. The average molecular weight is 362 g/mol. The van der Waals surface area contributed by atoms with Gasteiger partial charge in [-0.05, 0) is 24.3 Å². The van der Waals surface area contributed by atoms with Crippen LogP contribution in [0, 0.1) is 11.6 Å². The van der Waals surface area contributed by atoms with Gasteiger partial charge in [-0.15, -0.1) is 0 Å². The number of anilines is 1. The standard InChI is InChI=1S/C14H14BrF2NO3/c15-9-4-12(16)14(13(17)5-9)18-6-10(19)7-20-8-11-2-1-3-21-11/h1-5,10,18-19H,6-8H2. The first-order chi connectivity index (χ1) is 10.1. The smallest absolute Gasteiger partial charge is 0.150 e. The second-order valence-electron chi connectivity index (χ2n) is 4.37. The van der Waals surface area contributed by atoms with E-state index in [0.29, 0.717) is 10.2 Å². The number of furan rings is 1. The van der Waals surface area contributed by atoms with Crippen LogP contribution in [0.15, 0.2) is 39.4 Å². The number of aliphatic hydroxyl groups is 1. The van der Waals surface area contributed by atoms with Crippen LogP contribution in [0.5, 0.6) is 0 Å². The molecule has 7 heteroatoms. The van der Waals surface area contributed by atoms with Crippen molar-refractivity contribution in [1.29, 1.82) is 0 Å². The summed E-state index contributed by atoms with van der Waals surface area (Å²) in [5.41, 5.74) is -0.275. The van der Waals surface area contributed by atoms with Crippen LogP contribution in [0.2, 0.25) is 0 Å². The van der Waals surface area contributed by atoms with E-state index in [0.717, 1.165) is 12.1 Å². The van der Waals surface area contributed by atoms with Gasteiger partial charge in [-0.2, -0.15) is 0 Å². The fourth-order valence-corrected chi connectivity index (χ4v) is 2.08. The largest absolute Gasteiger partial charge is 0.467 e. The number of halogens is 3. The lowest BCUT2D eigenvalue weighted by Crippen LogP contribution is -2.25. The fourth-order valence-electron chi connectivity index (χ4n) is 1.68. The summed E-state index contributed by atoms with van der Waals surface area (Å²) in [5.74, 6) is -0.823. The van der Waals surface area contributed by atoms with E-state index in [1.807, 2.05) is 0 Å². The van der Waals surface area contributed by atoms with Crippen molar-refractivity contribution in [2.24, 2.45) is 0 Å². The number of nitrogens with one attached hydrogen (secondary N) is 1. The first kappa shape index (κ1) is 15.9. The molecule has 1 aromatic carbocycles. The molecule has 0 aliphatic carbocycles. The Morgan fingerprint density at radius 3 is 2.67 bits per heavy atom. The SMILES string of the molecule is OC(CNc1c(F)cc(Br)cc1F)COCc1ccco1. The molecule has 1 atom stereocenters. The van der Waals surface area contributed by atoms with Gasteiger partial charge in [-0.1, -0.05) is 15.9 Å². The van der Waals surface area contributed by atoms with Crippen LogP contribution in [-0.4, -0.2) is 24.4 Å². The molecule has 114 valence electrons. The van der Waals surface area contributed by atoms with Crippen LogP contribution in [0.25, 0.3) is 0 Å². The van der Waals surface area contributed by atoms with E-state index >= 15 is 0 Å². The Morgan fingerprint density at radius 2 is 2.05 bits per heavy atom. The highest BCUT2D eigenvalue weighted by Crippen LogP contribution is 2.23. The molecule has 0 saturated carbocycles. The number of ether oxygens (including phenoxy) is 1. The number of hydrogen-bond donors (Lipinski definition) is 2. The van der Waals surface area contributed by atoms with Crippen LogP contribution in [0.1, 0.15) is 5.76 Å². The maximum absolute atomic E-state index is 13.5. The summed E-state index contributed by atoms with van der Waals surface area (Å²) >= 11 is 2.99. The van der Waals surface area contributed by atoms with E-state index in [1.165, 1.54) is 6.26 Å². The predicted molar refractivity (Wildman–Crippen MR) is 76.9 cm³/mol. The van der Waals surface area contributed by atoms with Gasteiger partial charge in [-0.3, -0.25) is 0 Å². The van der Waals surface area contributed by atoms with Gasteiger partial charge < -0.3 is 19.6 Å². The summed E-state index contributed by atoms with van der Waals surface area (Å²) in [6.07, 6.45) is 0.623. The molecule has 1 heterocycles. The van der Waals surface area contributed by atoms with Crippen molar-refractivity contribution >= 4 is 21.6 Å². The van der Waals surface area contributed by atoms with Crippen molar-refractivity contribution < 1.29 is 23.0 Å². The Kier molecular flexibility index (Phi) is 5.72. The topological polar surface area (TPSA) is 54.6 Å². The van der Waals surface area contributed by atoms with E-state index in [9.17, 15) is 13.9 Å². The fraction of sp³-hybridized carbons (Fsp3) is 0.286. The molecule has 2 rings (SSSR count). The zero-order chi connectivity index (χ0) is 15.2. The van der Waals surface area contributed by atoms with Crippen molar-refractivity contribution in [1.82, 2.24) is 0 Å². The first-order valence-corrected chi connectivity index (χ1v) is 7.02. The van der Waals surface area contributed by atoms with Crippen molar-refractivity contribution in [3.8, 4) is 0 Å². The second-order valence-corrected chi connectivity index (χ2v) is 5.29. The minimum Gasteiger partial charge on any atom is -0.467 e. The number of benzene rings is 1. The highest BCUT2D eigenvalue weighted by atomic mass is 79.9. The van der Waals surface area contributed by atoms with Gasteiger partial charge in [0.1, 0.15) is 29.7 Å². The molecule has 0 aliphatic rings. The van der Waals surface area contributed by atoms with Gasteiger partial charge in [-0.25, -0.2) is 8.78 Å². The minimum absolute atomic E-state index is 0.0213. The lowest BCUT2D eigenvalue weighted by atomic mass is 10.2. The summed E-state index contributed by atoms with van der Waals surface area (Å²) in [7, 11) is 0. The summed E-state index contributed by atoms with van der Waals surface area (Å²) in [4.78, 5) is 0. The Hall–Kier alpha value is -1.44. The molecule has 0 saturated heterocycles. The van der Waals surface area contributed by atoms with Crippen molar-refractivity contribution in [2.75, 3.05) is 18.5 Å². The quantitative estimate of drug-likeness (QED) is 0.794. The molecule has 0 radical (unpaired) electrons. The molecule has 0 fully saturated rings. The minimum atomic E-state index is -0.901. The van der Waals surface area contributed by atoms with Gasteiger partial charge in [0.2, 0.25) is 0 Å². The highest BCUT2D eigenvalue weighted by molar-refractivity contribution is 9.10. The van der Waals surface area contributed by atoms with Crippen molar-refractivity contribution in [3.63, 3.8) is 0 Å². The zero-order valence-corrected chi connectivity index (χ0v) is 12.6. The maximum Gasteiger partial charge on any atom is 0.150 e. The Morgan fingerprint density at radius 1 is 1.33 bits per heavy atom. The number of hydrogen-bond acceptors (Lipinski definition) is 4. The average Bonchev–Trinajstić information content (AvgIpc) is 2.90. The third kappa shape index (κ3) is 4.80. The molecule has 2 aromatic rings. The van der Waals surface area contributed by atoms with E-state index in [2.05, 4.69) is 21.2 Å². The van der Waals surface area contributed by atoms with E-state index in [1.54, 1.807) is 12.1 Å². The van der Waals surface area contributed by atoms with Gasteiger partial charge in [0, 0.05) is 11.0 Å². The molecule has 0 bridgehead atoms. The summed E-state index contributed by atoms with van der Waals surface area (Å²) in [6.45, 7) is 0.214. The molecule has 4 nitrogen and oxygen atoms in total. The van der Waals surface area contributed by atoms with Crippen LogP contribution < -0.4 is 5.32 Å². The molecule has 0 aliphatic heterocycles. The van der Waals surface area contributed by atoms with Crippen LogP contribution in [0.3, 0.4) is 0 Å². The third-order valence-corrected chi connectivity index (χ3v) is 3.11. The van der Waals surface area contributed by atoms with Gasteiger partial charge >= 0.3 is 0 Å². The van der Waals surface area contributed by atoms with Gasteiger partial charge in [0.15, 0.2) is 0 Å². The Labute approximate surface area is 128 Å². The van der Waals surface area contributed by atoms with Crippen LogP contribution >= 0.6 is 15.9 Å². The van der Waals surface area contributed by atoms with Crippen molar-refractivity contribution in [2.45, 2.75) is 12.7 Å². The molecular formula is C14H14BrF2NO3. The van der Waals surface area contributed by atoms with E-state index in [-0.39, 0.29) is 25.4 Å². The van der Waals surface area contributed by atoms with Crippen LogP contribution in [-0.2, 0) is 11.3 Å². The van der Waals surface area contributed by atoms with Crippen LogP contribution in [0.4, 0.5) is 14.5 Å². The highest BCUT2D eigenvalue weighted by Gasteiger charge is 2.12. The van der Waals surface area contributed by atoms with Gasteiger partial charge in [0.25, 0.3) is 0 Å². The third-order valence-electron chi connectivity index (χ3n) is 2.66. The maximum atomic E-state index is 13.5. The summed E-state index contributed by atoms with van der Waals surface area (Å²) in [6, 6.07) is 5.77. The number of rotatable bonds is 7. The molecule has 2 N–H and O–H groups in total. The van der Waals surface area contributed by atoms with E-state index in [4.69, 9.17) is 9.15 Å². The molecule has 1 unspecified atom stereocenters. The summed E-state index contributed by atoms with van der Waals surface area (Å²) in [5, 5.41) is 12.2. The molecule has 1 aromatic heterocycles. The first-order valence-electron chi connectivity index (χ1n) is 6.23. The lowest BCUT2D eigenvalue weighted by molar-refractivity contribution is 0.0282. The monoisotopic (exact) mass is 361 g/mol. The van der Waals surface area contributed by atoms with Gasteiger partial charge in [0.05, 0.1) is 19.0 Å². The Bertz CT molecular complexity index is 555.